The number of nitrogens with one attached hydrogen (secondary N) is 1. The van der Waals surface area contributed by atoms with Gasteiger partial charge in [-0.2, -0.15) is 0 Å². The third-order valence-corrected chi connectivity index (χ3v) is 3.02. The van der Waals surface area contributed by atoms with Crippen molar-refractivity contribution in [2.24, 2.45) is 0 Å². The summed E-state index contributed by atoms with van der Waals surface area (Å²) in [5, 5.41) is 2.95. The van der Waals surface area contributed by atoms with Crippen molar-refractivity contribution in [3.05, 3.63) is 35.7 Å². The molecule has 0 bridgehead atoms. The second kappa shape index (κ2) is 5.38. The van der Waals surface area contributed by atoms with Crippen LogP contribution in [0.5, 0.6) is 0 Å². The highest BCUT2D eigenvalue weighted by Gasteiger charge is 2.18. The first-order valence-corrected chi connectivity index (χ1v) is 6.15. The number of hydrogen-bond acceptors (Lipinski definition) is 2. The van der Waals surface area contributed by atoms with E-state index in [1.807, 2.05) is 0 Å². The van der Waals surface area contributed by atoms with Gasteiger partial charge in [0.15, 0.2) is 17.5 Å². The van der Waals surface area contributed by atoms with Gasteiger partial charge in [-0.25, -0.2) is 13.2 Å². The minimum Gasteiger partial charge on any atom is -0.394 e. The SMILES string of the molecule is CCCCNc1ccc2c(F)c(N)c(F)c(F)c2c1. The maximum Gasteiger partial charge on any atom is 0.185 e. The van der Waals surface area contributed by atoms with Crippen molar-refractivity contribution in [3.8, 4) is 0 Å². The van der Waals surface area contributed by atoms with Crippen LogP contribution in [-0.4, -0.2) is 6.54 Å². The van der Waals surface area contributed by atoms with Crippen molar-refractivity contribution >= 4 is 22.1 Å². The van der Waals surface area contributed by atoms with Crippen LogP contribution in [0.1, 0.15) is 19.8 Å². The average Bonchev–Trinajstić information content (AvgIpc) is 2.43. The Kier molecular flexibility index (Phi) is 3.83. The molecule has 2 aromatic carbocycles. The first-order chi connectivity index (χ1) is 9.06. The van der Waals surface area contributed by atoms with Gasteiger partial charge in [-0.1, -0.05) is 13.3 Å². The van der Waals surface area contributed by atoms with E-state index in [0.717, 1.165) is 19.4 Å². The number of rotatable bonds is 4. The predicted octanol–water partition coefficient (Wildman–Crippen LogP) is 4.05. The number of benzene rings is 2. The van der Waals surface area contributed by atoms with Crippen molar-refractivity contribution in [2.75, 3.05) is 17.6 Å². The molecule has 0 heterocycles. The molecule has 0 aliphatic carbocycles. The second-order valence-electron chi connectivity index (χ2n) is 4.40. The Hall–Kier alpha value is -1.91. The Balaban J connectivity index is 2.48. The molecular formula is C14H15F3N2. The zero-order valence-electron chi connectivity index (χ0n) is 10.6. The fourth-order valence-corrected chi connectivity index (χ4v) is 1.91. The molecule has 0 aliphatic heterocycles. The van der Waals surface area contributed by atoms with E-state index in [1.54, 1.807) is 6.07 Å². The maximum absolute atomic E-state index is 13.8. The lowest BCUT2D eigenvalue weighted by Gasteiger charge is -2.10. The van der Waals surface area contributed by atoms with Crippen LogP contribution in [-0.2, 0) is 0 Å². The van der Waals surface area contributed by atoms with Gasteiger partial charge in [0, 0.05) is 23.0 Å². The van der Waals surface area contributed by atoms with Crippen molar-refractivity contribution in [1.29, 1.82) is 0 Å². The molecule has 0 atom stereocenters. The summed E-state index contributed by atoms with van der Waals surface area (Å²) in [6.07, 6.45) is 1.99. The molecular weight excluding hydrogens is 253 g/mol. The van der Waals surface area contributed by atoms with Crippen molar-refractivity contribution in [2.45, 2.75) is 19.8 Å². The molecule has 0 fully saturated rings. The van der Waals surface area contributed by atoms with Gasteiger partial charge in [0.05, 0.1) is 0 Å². The summed E-state index contributed by atoms with van der Waals surface area (Å²) in [7, 11) is 0. The van der Waals surface area contributed by atoms with Crippen LogP contribution < -0.4 is 11.1 Å². The minimum absolute atomic E-state index is 0.0163. The van der Waals surface area contributed by atoms with Crippen LogP contribution in [0.15, 0.2) is 18.2 Å². The molecule has 19 heavy (non-hydrogen) atoms. The number of hydrogen-bond donors (Lipinski definition) is 2. The molecule has 2 rings (SSSR count). The molecule has 0 spiro atoms. The van der Waals surface area contributed by atoms with Crippen LogP contribution in [0, 0.1) is 17.5 Å². The maximum atomic E-state index is 13.8. The zero-order chi connectivity index (χ0) is 14.0. The Bertz CT molecular complexity index is 611. The number of anilines is 2. The topological polar surface area (TPSA) is 38.0 Å². The lowest BCUT2D eigenvalue weighted by atomic mass is 10.1. The van der Waals surface area contributed by atoms with Gasteiger partial charge in [-0.05, 0) is 24.6 Å². The highest BCUT2D eigenvalue weighted by molar-refractivity contribution is 5.89. The summed E-state index contributed by atoms with van der Waals surface area (Å²) in [6, 6.07) is 4.42. The van der Waals surface area contributed by atoms with Gasteiger partial charge in [0.2, 0.25) is 0 Å². The first kappa shape index (κ1) is 13.5. The van der Waals surface area contributed by atoms with Gasteiger partial charge < -0.3 is 11.1 Å². The lowest BCUT2D eigenvalue weighted by Crippen LogP contribution is -2.03. The normalized spacial score (nSPS) is 10.9. The Morgan fingerprint density at radius 3 is 2.47 bits per heavy atom. The van der Waals surface area contributed by atoms with E-state index in [-0.39, 0.29) is 10.8 Å². The summed E-state index contributed by atoms with van der Waals surface area (Å²) in [4.78, 5) is 0. The van der Waals surface area contributed by atoms with Crippen LogP contribution in [0.25, 0.3) is 10.8 Å². The Morgan fingerprint density at radius 2 is 1.79 bits per heavy atom. The largest absolute Gasteiger partial charge is 0.394 e. The molecule has 0 amide bonds. The quantitative estimate of drug-likeness (QED) is 0.498. The van der Waals surface area contributed by atoms with E-state index < -0.39 is 23.1 Å². The molecule has 0 saturated carbocycles. The van der Waals surface area contributed by atoms with Crippen molar-refractivity contribution in [1.82, 2.24) is 0 Å². The van der Waals surface area contributed by atoms with E-state index in [2.05, 4.69) is 12.2 Å². The fraction of sp³-hybridized carbons (Fsp3) is 0.286. The van der Waals surface area contributed by atoms with Crippen LogP contribution >= 0.6 is 0 Å². The van der Waals surface area contributed by atoms with Crippen LogP contribution in [0.4, 0.5) is 24.5 Å². The van der Waals surface area contributed by atoms with E-state index in [9.17, 15) is 13.2 Å². The summed E-state index contributed by atoms with van der Waals surface area (Å²) in [5.41, 5.74) is 5.03. The second-order valence-corrected chi connectivity index (χ2v) is 4.40. The minimum atomic E-state index is -1.34. The van der Waals surface area contributed by atoms with Crippen LogP contribution in [0.3, 0.4) is 0 Å². The van der Waals surface area contributed by atoms with Crippen molar-refractivity contribution < 1.29 is 13.2 Å². The monoisotopic (exact) mass is 268 g/mol. The fourth-order valence-electron chi connectivity index (χ4n) is 1.91. The Labute approximate surface area is 109 Å². The number of unbranched alkanes of at least 4 members (excludes halogenated alkanes) is 1. The third kappa shape index (κ3) is 2.45. The van der Waals surface area contributed by atoms with Crippen LogP contribution in [0.2, 0.25) is 0 Å². The number of nitrogen functional groups attached to an aromatic ring is 1. The van der Waals surface area contributed by atoms with Gasteiger partial charge in [0.1, 0.15) is 5.69 Å². The number of halogens is 3. The number of fused-ring (bicyclic) bond motifs is 1. The van der Waals surface area contributed by atoms with E-state index >= 15 is 0 Å². The third-order valence-electron chi connectivity index (χ3n) is 3.02. The Morgan fingerprint density at radius 1 is 1.05 bits per heavy atom. The first-order valence-electron chi connectivity index (χ1n) is 6.15. The standard InChI is InChI=1S/C14H15F3N2/c1-2-3-6-19-8-4-5-9-10(7-8)11(15)13(17)14(18)12(9)16/h4-5,7,19H,2-3,6,18H2,1H3. The molecule has 0 aliphatic rings. The van der Waals surface area contributed by atoms with E-state index in [4.69, 9.17) is 5.73 Å². The highest BCUT2D eigenvalue weighted by Crippen LogP contribution is 2.31. The average molecular weight is 268 g/mol. The summed E-state index contributed by atoms with van der Waals surface area (Å²) in [5.74, 6) is -3.38. The van der Waals surface area contributed by atoms with Gasteiger partial charge in [-0.3, -0.25) is 0 Å². The smallest absolute Gasteiger partial charge is 0.185 e. The highest BCUT2D eigenvalue weighted by atomic mass is 19.2. The van der Waals surface area contributed by atoms with E-state index in [1.165, 1.54) is 12.1 Å². The number of nitrogens with two attached hydrogens (primary N) is 1. The molecule has 3 N–H and O–H groups in total. The zero-order valence-corrected chi connectivity index (χ0v) is 10.6. The lowest BCUT2D eigenvalue weighted by molar-refractivity contribution is 0.511. The molecule has 0 saturated heterocycles. The molecule has 102 valence electrons. The summed E-state index contributed by atoms with van der Waals surface area (Å²) in [6.45, 7) is 2.78. The van der Waals surface area contributed by atoms with E-state index in [0.29, 0.717) is 5.69 Å². The van der Waals surface area contributed by atoms with Crippen molar-refractivity contribution in [3.63, 3.8) is 0 Å². The van der Waals surface area contributed by atoms with Gasteiger partial charge in [-0.15, -0.1) is 0 Å². The molecule has 0 radical (unpaired) electrons. The molecule has 0 unspecified atom stereocenters. The van der Waals surface area contributed by atoms with Gasteiger partial charge >= 0.3 is 0 Å². The molecule has 2 nitrogen and oxygen atoms in total. The summed E-state index contributed by atoms with van der Waals surface area (Å²) >= 11 is 0. The predicted molar refractivity (Wildman–Crippen MR) is 71.6 cm³/mol. The van der Waals surface area contributed by atoms with Gasteiger partial charge in [0.25, 0.3) is 0 Å². The molecule has 2 aromatic rings. The summed E-state index contributed by atoms with van der Waals surface area (Å²) < 4.78 is 40.9. The molecule has 5 heteroatoms. The molecule has 0 aromatic heterocycles.